The fourth-order valence-electron chi connectivity index (χ4n) is 3.79. The van der Waals surface area contributed by atoms with Crippen LogP contribution in [0.1, 0.15) is 36.0 Å². The molecule has 2 aromatic rings. The maximum absolute atomic E-state index is 12.6. The number of likely N-dealkylation sites (tertiary alicyclic amines) is 1. The molecule has 1 fully saturated rings. The molecule has 6 heteroatoms. The highest BCUT2D eigenvalue weighted by atomic mass is 16.5. The molecule has 1 aromatic heterocycles. The molecule has 0 aliphatic carbocycles. The van der Waals surface area contributed by atoms with E-state index in [4.69, 9.17) is 13.9 Å². The number of hydrogen-bond donors (Lipinski definition) is 0. The lowest BCUT2D eigenvalue weighted by atomic mass is 9.94. The zero-order chi connectivity index (χ0) is 20.3. The maximum atomic E-state index is 12.6. The summed E-state index contributed by atoms with van der Waals surface area (Å²) < 4.78 is 16.5. The molecule has 0 saturated carbocycles. The van der Waals surface area contributed by atoms with Crippen LogP contribution in [0.25, 0.3) is 11.0 Å². The van der Waals surface area contributed by atoms with Gasteiger partial charge in [0.15, 0.2) is 6.61 Å². The summed E-state index contributed by atoms with van der Waals surface area (Å²) in [6.07, 6.45) is 3.06. The molecule has 28 heavy (non-hydrogen) atoms. The van der Waals surface area contributed by atoms with Crippen molar-refractivity contribution < 1.29 is 18.7 Å². The molecule has 2 heterocycles. The van der Waals surface area contributed by atoms with Crippen molar-refractivity contribution in [3.8, 4) is 5.75 Å². The van der Waals surface area contributed by atoms with E-state index in [0.29, 0.717) is 22.8 Å². The van der Waals surface area contributed by atoms with Crippen LogP contribution in [0, 0.1) is 26.7 Å². The van der Waals surface area contributed by atoms with E-state index in [2.05, 4.69) is 0 Å². The average molecular weight is 387 g/mol. The largest absolute Gasteiger partial charge is 0.483 e. The summed E-state index contributed by atoms with van der Waals surface area (Å²) in [7, 11) is 1.72. The number of nitrogens with zero attached hydrogens (tertiary/aromatic N) is 1. The van der Waals surface area contributed by atoms with Crippen LogP contribution in [0.5, 0.6) is 5.75 Å². The summed E-state index contributed by atoms with van der Waals surface area (Å²) in [5.41, 5.74) is 2.46. The Labute approximate surface area is 165 Å². The molecule has 1 saturated heterocycles. The van der Waals surface area contributed by atoms with E-state index in [0.717, 1.165) is 55.5 Å². The SMILES string of the molecule is COCCC1CCN(C(=O)COc2cc(C)cc3oc(=O)c(C)c(C)c23)CC1. The van der Waals surface area contributed by atoms with Crippen LogP contribution >= 0.6 is 0 Å². The number of carbonyl (C=O) groups excluding carboxylic acids is 1. The van der Waals surface area contributed by atoms with Gasteiger partial charge in [-0.15, -0.1) is 0 Å². The molecule has 1 aromatic carbocycles. The van der Waals surface area contributed by atoms with Crippen LogP contribution in [0.3, 0.4) is 0 Å². The van der Waals surface area contributed by atoms with E-state index >= 15 is 0 Å². The molecular weight excluding hydrogens is 358 g/mol. The minimum Gasteiger partial charge on any atom is -0.483 e. The van der Waals surface area contributed by atoms with Gasteiger partial charge in [-0.2, -0.15) is 0 Å². The Hall–Kier alpha value is -2.34. The summed E-state index contributed by atoms with van der Waals surface area (Å²) in [4.78, 5) is 26.5. The third-order valence-electron chi connectivity index (χ3n) is 5.71. The molecular formula is C22H29NO5. The number of hydrogen-bond acceptors (Lipinski definition) is 5. The molecule has 0 spiro atoms. The zero-order valence-electron chi connectivity index (χ0n) is 17.2. The molecule has 1 aliphatic rings. The highest BCUT2D eigenvalue weighted by Crippen LogP contribution is 2.31. The molecule has 1 amide bonds. The Morgan fingerprint density at radius 2 is 1.89 bits per heavy atom. The topological polar surface area (TPSA) is 69.0 Å². The number of amides is 1. The van der Waals surface area contributed by atoms with Gasteiger partial charge in [-0.25, -0.2) is 4.79 Å². The first-order valence-corrected chi connectivity index (χ1v) is 9.85. The van der Waals surface area contributed by atoms with Gasteiger partial charge in [0.05, 0.1) is 5.39 Å². The van der Waals surface area contributed by atoms with E-state index in [1.807, 2.05) is 30.9 Å². The number of benzene rings is 1. The molecule has 0 unspecified atom stereocenters. The minimum absolute atomic E-state index is 0.00777. The van der Waals surface area contributed by atoms with Gasteiger partial charge in [-0.1, -0.05) is 0 Å². The quantitative estimate of drug-likeness (QED) is 0.711. The second kappa shape index (κ2) is 8.78. The summed E-state index contributed by atoms with van der Waals surface area (Å²) in [5, 5.41) is 0.758. The number of carbonyl (C=O) groups is 1. The minimum atomic E-state index is -0.339. The van der Waals surface area contributed by atoms with Gasteiger partial charge in [0.1, 0.15) is 11.3 Å². The van der Waals surface area contributed by atoms with Crippen molar-refractivity contribution in [2.75, 3.05) is 33.4 Å². The van der Waals surface area contributed by atoms with Gasteiger partial charge < -0.3 is 18.8 Å². The van der Waals surface area contributed by atoms with Crippen molar-refractivity contribution in [2.45, 2.75) is 40.0 Å². The van der Waals surface area contributed by atoms with Gasteiger partial charge in [0.25, 0.3) is 5.91 Å². The normalized spacial score (nSPS) is 15.2. The molecule has 0 atom stereocenters. The zero-order valence-corrected chi connectivity index (χ0v) is 17.2. The first kappa shape index (κ1) is 20.4. The number of ether oxygens (including phenoxy) is 2. The van der Waals surface area contributed by atoms with Gasteiger partial charge in [-0.3, -0.25) is 4.79 Å². The maximum Gasteiger partial charge on any atom is 0.339 e. The lowest BCUT2D eigenvalue weighted by Gasteiger charge is -2.32. The Kier molecular flexibility index (Phi) is 6.39. The van der Waals surface area contributed by atoms with Crippen molar-refractivity contribution >= 4 is 16.9 Å². The molecule has 0 radical (unpaired) electrons. The summed E-state index contributed by atoms with van der Waals surface area (Å²) in [5.74, 6) is 1.20. The first-order valence-electron chi connectivity index (χ1n) is 9.85. The molecule has 1 aliphatic heterocycles. The second-order valence-electron chi connectivity index (χ2n) is 7.67. The van der Waals surface area contributed by atoms with Crippen LogP contribution in [0.15, 0.2) is 21.3 Å². The number of methoxy groups -OCH3 is 1. The monoisotopic (exact) mass is 387 g/mol. The van der Waals surface area contributed by atoms with E-state index in [1.54, 1.807) is 14.0 Å². The number of fused-ring (bicyclic) bond motifs is 1. The smallest absolute Gasteiger partial charge is 0.339 e. The van der Waals surface area contributed by atoms with Crippen LogP contribution in [0.4, 0.5) is 0 Å². The Morgan fingerprint density at radius 1 is 1.18 bits per heavy atom. The molecule has 0 N–H and O–H groups in total. The number of piperidine rings is 1. The summed E-state index contributed by atoms with van der Waals surface area (Å²) in [6, 6.07) is 3.71. The van der Waals surface area contributed by atoms with Gasteiger partial charge in [0.2, 0.25) is 0 Å². The predicted molar refractivity (Wildman–Crippen MR) is 108 cm³/mol. The molecule has 152 valence electrons. The number of aryl methyl sites for hydroxylation is 2. The van der Waals surface area contributed by atoms with Gasteiger partial charge in [0, 0.05) is 32.4 Å². The van der Waals surface area contributed by atoms with Crippen LogP contribution in [0.2, 0.25) is 0 Å². The number of rotatable bonds is 6. The molecule has 3 rings (SSSR count). The second-order valence-corrected chi connectivity index (χ2v) is 7.67. The Bertz CT molecular complexity index is 909. The highest BCUT2D eigenvalue weighted by molar-refractivity contribution is 5.88. The lowest BCUT2D eigenvalue weighted by molar-refractivity contribution is -0.134. The summed E-state index contributed by atoms with van der Waals surface area (Å²) in [6.45, 7) is 7.81. The van der Waals surface area contributed by atoms with Gasteiger partial charge >= 0.3 is 5.63 Å². The Balaban J connectivity index is 1.69. The molecule has 0 bridgehead atoms. The third-order valence-corrected chi connectivity index (χ3v) is 5.71. The van der Waals surface area contributed by atoms with E-state index < -0.39 is 0 Å². The van der Waals surface area contributed by atoms with E-state index in [1.165, 1.54) is 0 Å². The first-order chi connectivity index (χ1) is 13.4. The van der Waals surface area contributed by atoms with E-state index in [9.17, 15) is 9.59 Å². The van der Waals surface area contributed by atoms with Gasteiger partial charge in [-0.05, 0) is 69.2 Å². The van der Waals surface area contributed by atoms with E-state index in [-0.39, 0.29) is 18.1 Å². The molecule has 6 nitrogen and oxygen atoms in total. The standard InChI is InChI=1S/C22H29NO5/c1-14-11-18(21-15(2)16(3)22(25)28-19(21)12-14)27-13-20(24)23-8-5-17(6-9-23)7-10-26-4/h11-12,17H,5-10,13H2,1-4H3. The Morgan fingerprint density at radius 3 is 2.57 bits per heavy atom. The lowest BCUT2D eigenvalue weighted by Crippen LogP contribution is -2.41. The third kappa shape index (κ3) is 4.38. The van der Waals surface area contributed by atoms with Crippen molar-refractivity contribution in [2.24, 2.45) is 5.92 Å². The van der Waals surface area contributed by atoms with Crippen LogP contribution in [-0.4, -0.2) is 44.2 Å². The van der Waals surface area contributed by atoms with Crippen molar-refractivity contribution in [1.29, 1.82) is 0 Å². The van der Waals surface area contributed by atoms with Crippen molar-refractivity contribution in [1.82, 2.24) is 4.90 Å². The predicted octanol–water partition coefficient (Wildman–Crippen LogP) is 3.37. The van der Waals surface area contributed by atoms with Crippen LogP contribution in [-0.2, 0) is 9.53 Å². The van der Waals surface area contributed by atoms with Crippen molar-refractivity contribution in [3.63, 3.8) is 0 Å². The fourth-order valence-corrected chi connectivity index (χ4v) is 3.79. The average Bonchev–Trinajstić information content (AvgIpc) is 2.68. The fraction of sp³-hybridized carbons (Fsp3) is 0.545. The van der Waals surface area contributed by atoms with Crippen LogP contribution < -0.4 is 10.4 Å². The van der Waals surface area contributed by atoms with Crippen molar-refractivity contribution in [3.05, 3.63) is 39.2 Å². The highest BCUT2D eigenvalue weighted by Gasteiger charge is 2.23. The summed E-state index contributed by atoms with van der Waals surface area (Å²) >= 11 is 0.